The standard InChI is InChI=1S/C33H34/c1-3-5-7-24-9-13-26(14-10-24)28-17-19-32-30(21-28)23-31-22-29(18-20-33(31)32)27-15-11-25(12-16-27)8-6-4-2/h9-22H,3-8,23H2,1-2H3. The van der Waals surface area contributed by atoms with E-state index in [9.17, 15) is 0 Å². The number of fused-ring (bicyclic) bond motifs is 3. The van der Waals surface area contributed by atoms with Gasteiger partial charge in [-0.05, 0) is 87.7 Å². The van der Waals surface area contributed by atoms with Crippen LogP contribution in [-0.2, 0) is 19.3 Å². The Kier molecular flexibility index (Phi) is 6.44. The van der Waals surface area contributed by atoms with E-state index in [0.717, 1.165) is 6.42 Å². The summed E-state index contributed by atoms with van der Waals surface area (Å²) in [5.41, 5.74) is 13.9. The van der Waals surface area contributed by atoms with Crippen LogP contribution in [0.25, 0.3) is 33.4 Å². The van der Waals surface area contributed by atoms with Gasteiger partial charge in [-0.25, -0.2) is 0 Å². The van der Waals surface area contributed by atoms with Gasteiger partial charge in [-0.2, -0.15) is 0 Å². The molecule has 0 bridgehead atoms. The van der Waals surface area contributed by atoms with E-state index in [4.69, 9.17) is 0 Å². The van der Waals surface area contributed by atoms with Gasteiger partial charge in [-0.3, -0.25) is 0 Å². The predicted molar refractivity (Wildman–Crippen MR) is 143 cm³/mol. The first-order valence-corrected chi connectivity index (χ1v) is 12.7. The molecule has 0 unspecified atom stereocenters. The maximum Gasteiger partial charge on any atom is -0.00130 e. The average Bonchev–Trinajstić information content (AvgIpc) is 3.24. The van der Waals surface area contributed by atoms with Crippen LogP contribution in [0.4, 0.5) is 0 Å². The highest BCUT2D eigenvalue weighted by molar-refractivity contribution is 5.82. The van der Waals surface area contributed by atoms with Gasteiger partial charge in [0.15, 0.2) is 0 Å². The van der Waals surface area contributed by atoms with Crippen LogP contribution < -0.4 is 0 Å². The minimum Gasteiger partial charge on any atom is -0.0654 e. The first-order chi connectivity index (χ1) is 16.2. The monoisotopic (exact) mass is 430 g/mol. The van der Waals surface area contributed by atoms with Crippen LogP contribution in [0.5, 0.6) is 0 Å². The van der Waals surface area contributed by atoms with E-state index >= 15 is 0 Å². The van der Waals surface area contributed by atoms with Crippen LogP contribution in [0, 0.1) is 0 Å². The van der Waals surface area contributed by atoms with E-state index < -0.39 is 0 Å². The summed E-state index contributed by atoms with van der Waals surface area (Å²) in [5, 5.41) is 0. The molecule has 0 atom stereocenters. The SMILES string of the molecule is CCCCc1ccc(-c2ccc3c(c2)Cc2cc(-c4ccc(CCCC)cc4)ccc2-3)cc1. The number of rotatable bonds is 8. The molecular formula is C33H34. The van der Waals surface area contributed by atoms with Gasteiger partial charge < -0.3 is 0 Å². The van der Waals surface area contributed by atoms with E-state index in [0.29, 0.717) is 0 Å². The van der Waals surface area contributed by atoms with Crippen molar-refractivity contribution < 1.29 is 0 Å². The van der Waals surface area contributed by atoms with Gasteiger partial charge in [-0.1, -0.05) is 112 Å². The molecule has 1 aliphatic rings. The van der Waals surface area contributed by atoms with Crippen molar-refractivity contribution in [3.05, 3.63) is 107 Å². The lowest BCUT2D eigenvalue weighted by Crippen LogP contribution is -1.87. The van der Waals surface area contributed by atoms with Gasteiger partial charge in [0.2, 0.25) is 0 Å². The molecule has 33 heavy (non-hydrogen) atoms. The molecular weight excluding hydrogens is 396 g/mol. The summed E-state index contributed by atoms with van der Waals surface area (Å²) in [6, 6.07) is 32.4. The van der Waals surface area contributed by atoms with Crippen LogP contribution in [0.3, 0.4) is 0 Å². The molecule has 0 nitrogen and oxygen atoms in total. The van der Waals surface area contributed by atoms with E-state index in [2.05, 4.69) is 98.8 Å². The number of aryl methyl sites for hydroxylation is 2. The number of unbranched alkanes of at least 4 members (excludes halogenated alkanes) is 2. The third kappa shape index (κ3) is 4.67. The van der Waals surface area contributed by atoms with Crippen molar-refractivity contribution in [2.24, 2.45) is 0 Å². The fourth-order valence-electron chi connectivity index (χ4n) is 5.06. The van der Waals surface area contributed by atoms with Gasteiger partial charge >= 0.3 is 0 Å². The molecule has 1 aliphatic carbocycles. The predicted octanol–water partition coefficient (Wildman–Crippen LogP) is 9.28. The smallest absolute Gasteiger partial charge is 0.00130 e. The second-order valence-electron chi connectivity index (χ2n) is 9.52. The molecule has 0 aliphatic heterocycles. The highest BCUT2D eigenvalue weighted by atomic mass is 14.2. The van der Waals surface area contributed by atoms with Gasteiger partial charge in [0, 0.05) is 0 Å². The molecule has 0 N–H and O–H groups in total. The van der Waals surface area contributed by atoms with Crippen molar-refractivity contribution in [1.29, 1.82) is 0 Å². The third-order valence-corrected chi connectivity index (χ3v) is 7.09. The molecule has 4 aromatic rings. The maximum absolute atomic E-state index is 2.40. The molecule has 0 spiro atoms. The molecule has 0 heterocycles. The Morgan fingerprint density at radius 3 is 1.27 bits per heavy atom. The summed E-state index contributed by atoms with van der Waals surface area (Å²) in [7, 11) is 0. The van der Waals surface area contributed by atoms with Crippen molar-refractivity contribution in [2.45, 2.75) is 58.8 Å². The van der Waals surface area contributed by atoms with E-state index in [-0.39, 0.29) is 0 Å². The summed E-state index contributed by atoms with van der Waals surface area (Å²) in [4.78, 5) is 0. The van der Waals surface area contributed by atoms with E-state index in [1.165, 1.54) is 94.2 Å². The topological polar surface area (TPSA) is 0 Å². The molecule has 4 aromatic carbocycles. The molecule has 0 heteroatoms. The summed E-state index contributed by atoms with van der Waals surface area (Å²) in [6.07, 6.45) is 8.41. The fraction of sp³-hybridized carbons (Fsp3) is 0.273. The Labute approximate surface area is 199 Å². The van der Waals surface area contributed by atoms with Crippen LogP contribution in [0.1, 0.15) is 61.8 Å². The highest BCUT2D eigenvalue weighted by Crippen LogP contribution is 2.40. The van der Waals surface area contributed by atoms with Crippen molar-refractivity contribution in [3.8, 4) is 33.4 Å². The number of hydrogen-bond donors (Lipinski definition) is 0. The molecule has 0 fully saturated rings. The van der Waals surface area contributed by atoms with Gasteiger partial charge in [0.25, 0.3) is 0 Å². The zero-order chi connectivity index (χ0) is 22.6. The number of benzene rings is 4. The van der Waals surface area contributed by atoms with Crippen molar-refractivity contribution >= 4 is 0 Å². The molecule has 0 amide bonds. The maximum atomic E-state index is 2.40. The van der Waals surface area contributed by atoms with E-state index in [1.807, 2.05) is 0 Å². The largest absolute Gasteiger partial charge is 0.0654 e. The second-order valence-corrected chi connectivity index (χ2v) is 9.52. The third-order valence-electron chi connectivity index (χ3n) is 7.09. The quantitative estimate of drug-likeness (QED) is 0.230. The lowest BCUT2D eigenvalue weighted by molar-refractivity contribution is 0.795. The highest BCUT2D eigenvalue weighted by Gasteiger charge is 2.19. The molecule has 166 valence electrons. The van der Waals surface area contributed by atoms with Gasteiger partial charge in [-0.15, -0.1) is 0 Å². The molecule has 0 aromatic heterocycles. The Morgan fingerprint density at radius 1 is 0.485 bits per heavy atom. The van der Waals surface area contributed by atoms with Gasteiger partial charge in [0.05, 0.1) is 0 Å². The van der Waals surface area contributed by atoms with Crippen molar-refractivity contribution in [1.82, 2.24) is 0 Å². The lowest BCUT2D eigenvalue weighted by Gasteiger charge is -2.08. The molecule has 0 saturated heterocycles. The summed E-state index contributed by atoms with van der Waals surface area (Å²) in [5.74, 6) is 0. The average molecular weight is 431 g/mol. The minimum atomic E-state index is 1.02. The second kappa shape index (κ2) is 9.79. The van der Waals surface area contributed by atoms with Crippen LogP contribution in [-0.4, -0.2) is 0 Å². The Morgan fingerprint density at radius 2 is 0.879 bits per heavy atom. The Bertz CT molecular complexity index is 1130. The lowest BCUT2D eigenvalue weighted by atomic mass is 9.97. The minimum absolute atomic E-state index is 1.02. The van der Waals surface area contributed by atoms with Crippen molar-refractivity contribution in [3.63, 3.8) is 0 Å². The first kappa shape index (κ1) is 21.7. The fourth-order valence-corrected chi connectivity index (χ4v) is 5.06. The Balaban J connectivity index is 1.36. The van der Waals surface area contributed by atoms with Crippen LogP contribution in [0.2, 0.25) is 0 Å². The van der Waals surface area contributed by atoms with Crippen LogP contribution >= 0.6 is 0 Å². The van der Waals surface area contributed by atoms with E-state index in [1.54, 1.807) is 0 Å². The summed E-state index contributed by atoms with van der Waals surface area (Å²) < 4.78 is 0. The molecule has 0 saturated carbocycles. The van der Waals surface area contributed by atoms with Gasteiger partial charge in [0.1, 0.15) is 0 Å². The number of hydrogen-bond acceptors (Lipinski definition) is 0. The van der Waals surface area contributed by atoms with Crippen molar-refractivity contribution in [2.75, 3.05) is 0 Å². The molecule has 0 radical (unpaired) electrons. The summed E-state index contributed by atoms with van der Waals surface area (Å²) >= 11 is 0. The summed E-state index contributed by atoms with van der Waals surface area (Å²) in [6.45, 7) is 4.51. The Hall–Kier alpha value is -3.12. The normalized spacial score (nSPS) is 11.9. The zero-order valence-corrected chi connectivity index (χ0v) is 20.0. The first-order valence-electron chi connectivity index (χ1n) is 12.7. The zero-order valence-electron chi connectivity index (χ0n) is 20.0. The molecule has 5 rings (SSSR count). The van der Waals surface area contributed by atoms with Crippen LogP contribution in [0.15, 0.2) is 84.9 Å².